The van der Waals surface area contributed by atoms with Crippen LogP contribution in [0.5, 0.6) is 0 Å². The number of anilines is 3. The lowest BCUT2D eigenvalue weighted by atomic mass is 9.98. The van der Waals surface area contributed by atoms with Gasteiger partial charge in [0.2, 0.25) is 0 Å². The molecule has 12 aromatic rings. The van der Waals surface area contributed by atoms with Gasteiger partial charge in [-0.3, -0.25) is 0 Å². The third-order valence-corrected chi connectivity index (χ3v) is 12.2. The Morgan fingerprint density at radius 1 is 0.295 bits per heavy atom. The Hall–Kier alpha value is -8.14. The number of para-hydroxylation sites is 3. The number of furan rings is 1. The molecule has 0 amide bonds. The molecule has 0 bridgehead atoms. The number of rotatable bonds is 7. The predicted octanol–water partition coefficient (Wildman–Crippen LogP) is 16.3. The summed E-state index contributed by atoms with van der Waals surface area (Å²) in [5.41, 5.74) is 15.7. The maximum absolute atomic E-state index is 6.48. The van der Waals surface area contributed by atoms with Gasteiger partial charge in [-0.2, -0.15) is 0 Å². The average Bonchev–Trinajstić information content (AvgIpc) is 3.87. The van der Waals surface area contributed by atoms with Crippen LogP contribution in [0, 0.1) is 0 Å². The zero-order valence-electron chi connectivity index (χ0n) is 33.2. The Balaban J connectivity index is 0.839. The summed E-state index contributed by atoms with van der Waals surface area (Å²) >= 11 is 0. The number of hydrogen-bond acceptors (Lipinski definition) is 2. The summed E-state index contributed by atoms with van der Waals surface area (Å²) in [5, 5.41) is 7.20. The maximum atomic E-state index is 6.48. The average molecular weight is 779 g/mol. The van der Waals surface area contributed by atoms with E-state index < -0.39 is 0 Å². The molecule has 0 saturated heterocycles. The fourth-order valence-corrected chi connectivity index (χ4v) is 9.14. The molecular weight excluding hydrogens is 741 g/mol. The summed E-state index contributed by atoms with van der Waals surface area (Å²) in [6, 6.07) is 82.8. The highest BCUT2D eigenvalue weighted by molar-refractivity contribution is 6.10. The highest BCUT2D eigenvalue weighted by Gasteiger charge is 2.16. The van der Waals surface area contributed by atoms with Crippen molar-refractivity contribution in [1.29, 1.82) is 0 Å². The Bertz CT molecular complexity index is 3560. The molecule has 0 saturated carbocycles. The largest absolute Gasteiger partial charge is 0.456 e. The standard InChI is InChI=1S/C58H38N2O/c1-3-13-47(14-4-1)59(50-31-25-39-11-7-8-12-43(39)35-50)49-29-23-42(24-30-49)44-28-34-57-54(36-44)53-33-27-46(38-58(53)61-57)41-21-19-40(20-22-41)45-26-32-52-51-17-9-10-18-55(51)60(56(52)37-45)48-15-5-2-6-16-48/h1-38H. The molecule has 0 aliphatic carbocycles. The van der Waals surface area contributed by atoms with Gasteiger partial charge < -0.3 is 13.9 Å². The van der Waals surface area contributed by atoms with Crippen molar-refractivity contribution in [3.63, 3.8) is 0 Å². The lowest BCUT2D eigenvalue weighted by molar-refractivity contribution is 0.669. The fourth-order valence-electron chi connectivity index (χ4n) is 9.14. The van der Waals surface area contributed by atoms with Crippen LogP contribution < -0.4 is 4.90 Å². The first-order valence-corrected chi connectivity index (χ1v) is 20.8. The molecule has 3 nitrogen and oxygen atoms in total. The van der Waals surface area contributed by atoms with Gasteiger partial charge in [-0.15, -0.1) is 0 Å². The van der Waals surface area contributed by atoms with E-state index in [1.807, 2.05) is 0 Å². The van der Waals surface area contributed by atoms with Crippen LogP contribution in [0.15, 0.2) is 235 Å². The molecule has 2 aromatic heterocycles. The second-order valence-electron chi connectivity index (χ2n) is 15.8. The van der Waals surface area contributed by atoms with E-state index in [1.165, 1.54) is 43.7 Å². The van der Waals surface area contributed by atoms with Gasteiger partial charge in [-0.1, -0.05) is 146 Å². The highest BCUT2D eigenvalue weighted by atomic mass is 16.3. The minimum atomic E-state index is 0.886. The van der Waals surface area contributed by atoms with Crippen LogP contribution in [-0.2, 0) is 0 Å². The van der Waals surface area contributed by atoms with Crippen molar-refractivity contribution in [2.45, 2.75) is 0 Å². The van der Waals surface area contributed by atoms with Crippen molar-refractivity contribution in [3.8, 4) is 39.1 Å². The number of nitrogens with zero attached hydrogens (tertiary/aromatic N) is 2. The van der Waals surface area contributed by atoms with Crippen LogP contribution in [0.1, 0.15) is 0 Å². The van der Waals surface area contributed by atoms with Crippen LogP contribution >= 0.6 is 0 Å². The Morgan fingerprint density at radius 3 is 1.61 bits per heavy atom. The molecule has 286 valence electrons. The van der Waals surface area contributed by atoms with Crippen LogP contribution in [0.4, 0.5) is 17.1 Å². The monoisotopic (exact) mass is 778 g/mol. The molecule has 2 heterocycles. The van der Waals surface area contributed by atoms with Crippen LogP contribution in [0.25, 0.3) is 93.6 Å². The van der Waals surface area contributed by atoms with Crippen molar-refractivity contribution >= 4 is 71.6 Å². The van der Waals surface area contributed by atoms with Gasteiger partial charge in [-0.25, -0.2) is 0 Å². The zero-order valence-corrected chi connectivity index (χ0v) is 33.2. The molecule has 0 fully saturated rings. The number of benzene rings is 10. The molecular formula is C58H38N2O. The molecule has 0 radical (unpaired) electrons. The summed E-state index contributed by atoms with van der Waals surface area (Å²) < 4.78 is 8.85. The van der Waals surface area contributed by atoms with Gasteiger partial charge in [0, 0.05) is 44.3 Å². The van der Waals surface area contributed by atoms with Gasteiger partial charge in [0.1, 0.15) is 11.2 Å². The van der Waals surface area contributed by atoms with E-state index in [4.69, 9.17) is 4.42 Å². The summed E-state index contributed by atoms with van der Waals surface area (Å²) in [4.78, 5) is 2.32. The maximum Gasteiger partial charge on any atom is 0.136 e. The van der Waals surface area contributed by atoms with E-state index in [9.17, 15) is 0 Å². The summed E-state index contributed by atoms with van der Waals surface area (Å²) in [6.07, 6.45) is 0. The van der Waals surface area contributed by atoms with E-state index >= 15 is 0 Å². The lowest BCUT2D eigenvalue weighted by Crippen LogP contribution is -2.09. The predicted molar refractivity (Wildman–Crippen MR) is 257 cm³/mol. The Kier molecular flexibility index (Phi) is 8.17. The minimum Gasteiger partial charge on any atom is -0.456 e. The zero-order chi connectivity index (χ0) is 40.3. The molecule has 61 heavy (non-hydrogen) atoms. The quantitative estimate of drug-likeness (QED) is 0.161. The molecule has 0 N–H and O–H groups in total. The van der Waals surface area contributed by atoms with Gasteiger partial charge in [-0.05, 0) is 129 Å². The van der Waals surface area contributed by atoms with Crippen molar-refractivity contribution in [3.05, 3.63) is 231 Å². The molecule has 12 rings (SSSR count). The normalized spacial score (nSPS) is 11.6. The van der Waals surface area contributed by atoms with E-state index in [0.717, 1.165) is 66.9 Å². The lowest BCUT2D eigenvalue weighted by Gasteiger charge is -2.26. The highest BCUT2D eigenvalue weighted by Crippen LogP contribution is 2.40. The second kappa shape index (κ2) is 14.3. The third-order valence-electron chi connectivity index (χ3n) is 12.2. The van der Waals surface area contributed by atoms with E-state index in [-0.39, 0.29) is 0 Å². The minimum absolute atomic E-state index is 0.886. The molecule has 0 spiro atoms. The van der Waals surface area contributed by atoms with Crippen LogP contribution in [-0.4, -0.2) is 4.57 Å². The molecule has 0 atom stereocenters. The van der Waals surface area contributed by atoms with Crippen LogP contribution in [0.2, 0.25) is 0 Å². The number of aromatic nitrogens is 1. The molecule has 3 heteroatoms. The Labute approximate surface area is 353 Å². The topological polar surface area (TPSA) is 21.3 Å². The van der Waals surface area contributed by atoms with Gasteiger partial charge in [0.05, 0.1) is 11.0 Å². The number of fused-ring (bicyclic) bond motifs is 7. The molecule has 0 aliphatic heterocycles. The first-order chi connectivity index (χ1) is 30.2. The van der Waals surface area contributed by atoms with E-state index in [1.54, 1.807) is 0 Å². The van der Waals surface area contributed by atoms with Crippen molar-refractivity contribution in [2.24, 2.45) is 0 Å². The van der Waals surface area contributed by atoms with Crippen molar-refractivity contribution in [1.82, 2.24) is 4.57 Å². The van der Waals surface area contributed by atoms with E-state index in [0.29, 0.717) is 0 Å². The second-order valence-corrected chi connectivity index (χ2v) is 15.8. The van der Waals surface area contributed by atoms with Gasteiger partial charge >= 0.3 is 0 Å². The summed E-state index contributed by atoms with van der Waals surface area (Å²) in [7, 11) is 0. The fraction of sp³-hybridized carbons (Fsp3) is 0. The van der Waals surface area contributed by atoms with Crippen molar-refractivity contribution < 1.29 is 4.42 Å². The Morgan fingerprint density at radius 2 is 0.836 bits per heavy atom. The molecule has 0 aliphatic rings. The van der Waals surface area contributed by atoms with Crippen LogP contribution in [0.3, 0.4) is 0 Å². The van der Waals surface area contributed by atoms with Gasteiger partial charge in [0.15, 0.2) is 0 Å². The SMILES string of the molecule is c1ccc(N(c2ccc(-c3ccc4oc5cc(-c6ccc(-c7ccc8c9ccccc9n(-c9ccccc9)c8c7)cc6)ccc5c4c3)cc2)c2ccc3ccccc3c2)cc1. The van der Waals surface area contributed by atoms with Gasteiger partial charge in [0.25, 0.3) is 0 Å². The third kappa shape index (κ3) is 6.06. The van der Waals surface area contributed by atoms with E-state index in [2.05, 4.69) is 240 Å². The van der Waals surface area contributed by atoms with Crippen molar-refractivity contribution in [2.75, 3.05) is 4.90 Å². The smallest absolute Gasteiger partial charge is 0.136 e. The first kappa shape index (κ1) is 34.9. The molecule has 10 aromatic carbocycles. The number of hydrogen-bond donors (Lipinski definition) is 0. The summed E-state index contributed by atoms with van der Waals surface area (Å²) in [6.45, 7) is 0. The first-order valence-electron chi connectivity index (χ1n) is 20.8. The summed E-state index contributed by atoms with van der Waals surface area (Å²) in [5.74, 6) is 0. The molecule has 0 unspecified atom stereocenters.